The van der Waals surface area contributed by atoms with Crippen LogP contribution in [0.25, 0.3) is 0 Å². The molecule has 2 rings (SSSR count). The lowest BCUT2D eigenvalue weighted by Crippen LogP contribution is -2.35. The number of benzene rings is 1. The van der Waals surface area contributed by atoms with Gasteiger partial charge in [0.05, 0.1) is 24.2 Å². The van der Waals surface area contributed by atoms with Crippen LogP contribution in [0.1, 0.15) is 32.6 Å². The fourth-order valence-electron chi connectivity index (χ4n) is 2.94. The number of nitro groups is 1. The number of hydrogen-bond donors (Lipinski definition) is 1. The van der Waals surface area contributed by atoms with E-state index in [1.54, 1.807) is 6.07 Å². The van der Waals surface area contributed by atoms with Crippen molar-refractivity contribution in [2.75, 3.05) is 24.7 Å². The van der Waals surface area contributed by atoms with Crippen molar-refractivity contribution < 1.29 is 14.8 Å². The maximum absolute atomic E-state index is 11.1. The van der Waals surface area contributed by atoms with Crippen molar-refractivity contribution in [3.8, 4) is 5.75 Å². The zero-order valence-electron chi connectivity index (χ0n) is 12.3. The minimum absolute atomic E-state index is 0.0249. The topological polar surface area (TPSA) is 75.8 Å². The predicted octanol–water partition coefficient (Wildman–Crippen LogP) is 2.73. The highest BCUT2D eigenvalue weighted by molar-refractivity contribution is 5.58. The van der Waals surface area contributed by atoms with Gasteiger partial charge >= 0.3 is 0 Å². The molecule has 0 radical (unpaired) electrons. The van der Waals surface area contributed by atoms with Crippen LogP contribution in [-0.4, -0.2) is 35.8 Å². The minimum Gasteiger partial charge on any atom is -0.494 e. The Hall–Kier alpha value is -1.82. The number of aliphatic hydroxyl groups excluding tert-OH is 1. The SMILES string of the molecule is CCOc1cc(N(CCO)C2CCCC2)cc([N+](=O)[O-])c1. The quantitative estimate of drug-likeness (QED) is 0.618. The number of hydrogen-bond acceptors (Lipinski definition) is 5. The predicted molar refractivity (Wildman–Crippen MR) is 81.0 cm³/mol. The molecule has 21 heavy (non-hydrogen) atoms. The lowest BCUT2D eigenvalue weighted by Gasteiger charge is -2.30. The van der Waals surface area contributed by atoms with Gasteiger partial charge in [-0.15, -0.1) is 0 Å². The number of aliphatic hydroxyl groups is 1. The lowest BCUT2D eigenvalue weighted by molar-refractivity contribution is -0.384. The number of nitro benzene ring substituents is 1. The van der Waals surface area contributed by atoms with E-state index in [4.69, 9.17) is 4.74 Å². The summed E-state index contributed by atoms with van der Waals surface area (Å²) in [5.41, 5.74) is 0.783. The van der Waals surface area contributed by atoms with Crippen LogP contribution < -0.4 is 9.64 Å². The Labute approximate surface area is 124 Å². The standard InChI is InChI=1S/C15H22N2O4/c1-2-21-15-10-13(9-14(11-15)17(19)20)16(7-8-18)12-5-3-4-6-12/h9-12,18H,2-8H2,1H3. The fourth-order valence-corrected chi connectivity index (χ4v) is 2.94. The van der Waals surface area contributed by atoms with Gasteiger partial charge in [0.15, 0.2) is 0 Å². The number of ether oxygens (including phenoxy) is 1. The summed E-state index contributed by atoms with van der Waals surface area (Å²) in [7, 11) is 0. The van der Waals surface area contributed by atoms with Crippen LogP contribution in [0.15, 0.2) is 18.2 Å². The van der Waals surface area contributed by atoms with Crippen molar-refractivity contribution >= 4 is 11.4 Å². The first-order valence-electron chi connectivity index (χ1n) is 7.45. The van der Waals surface area contributed by atoms with E-state index >= 15 is 0 Å². The molecule has 0 unspecified atom stereocenters. The van der Waals surface area contributed by atoms with E-state index in [9.17, 15) is 15.2 Å². The van der Waals surface area contributed by atoms with Crippen molar-refractivity contribution in [2.45, 2.75) is 38.6 Å². The average Bonchev–Trinajstić information content (AvgIpc) is 2.98. The van der Waals surface area contributed by atoms with Gasteiger partial charge in [-0.2, -0.15) is 0 Å². The highest BCUT2D eigenvalue weighted by atomic mass is 16.6. The van der Waals surface area contributed by atoms with E-state index in [0.29, 0.717) is 24.9 Å². The zero-order chi connectivity index (χ0) is 15.2. The molecule has 0 atom stereocenters. The second kappa shape index (κ2) is 7.26. The third kappa shape index (κ3) is 3.85. The molecule has 1 fully saturated rings. The second-order valence-corrected chi connectivity index (χ2v) is 5.23. The van der Waals surface area contributed by atoms with Gasteiger partial charge in [0.25, 0.3) is 5.69 Å². The van der Waals surface area contributed by atoms with Gasteiger partial charge in [0.1, 0.15) is 5.75 Å². The van der Waals surface area contributed by atoms with Crippen molar-refractivity contribution in [3.05, 3.63) is 28.3 Å². The van der Waals surface area contributed by atoms with Crippen LogP contribution in [0.2, 0.25) is 0 Å². The van der Waals surface area contributed by atoms with Crippen molar-refractivity contribution in [2.24, 2.45) is 0 Å². The summed E-state index contributed by atoms with van der Waals surface area (Å²) in [5.74, 6) is 0.502. The first-order valence-corrected chi connectivity index (χ1v) is 7.45. The van der Waals surface area contributed by atoms with Crippen molar-refractivity contribution in [3.63, 3.8) is 0 Å². The molecule has 1 aromatic carbocycles. The molecule has 1 aliphatic rings. The molecular formula is C15H22N2O4. The summed E-state index contributed by atoms with van der Waals surface area (Å²) in [4.78, 5) is 12.8. The molecule has 0 spiro atoms. The largest absolute Gasteiger partial charge is 0.494 e. The van der Waals surface area contributed by atoms with Crippen molar-refractivity contribution in [1.82, 2.24) is 0 Å². The second-order valence-electron chi connectivity index (χ2n) is 5.23. The van der Waals surface area contributed by atoms with Crippen LogP contribution in [0.4, 0.5) is 11.4 Å². The highest BCUT2D eigenvalue weighted by Gasteiger charge is 2.24. The molecule has 0 aromatic heterocycles. The number of rotatable bonds is 7. The van der Waals surface area contributed by atoms with Gasteiger partial charge in [-0.3, -0.25) is 10.1 Å². The van der Waals surface area contributed by atoms with Gasteiger partial charge in [-0.25, -0.2) is 0 Å². The normalized spacial score (nSPS) is 15.1. The van der Waals surface area contributed by atoms with E-state index in [0.717, 1.165) is 18.5 Å². The zero-order valence-corrected chi connectivity index (χ0v) is 12.3. The van der Waals surface area contributed by atoms with Gasteiger partial charge in [0, 0.05) is 30.4 Å². The third-order valence-electron chi connectivity index (χ3n) is 3.84. The van der Waals surface area contributed by atoms with Crippen LogP contribution in [0, 0.1) is 10.1 Å². The van der Waals surface area contributed by atoms with E-state index < -0.39 is 4.92 Å². The first kappa shape index (κ1) is 15.6. The molecule has 0 saturated heterocycles. The highest BCUT2D eigenvalue weighted by Crippen LogP contribution is 2.33. The Morgan fingerprint density at radius 1 is 1.38 bits per heavy atom. The van der Waals surface area contributed by atoms with Gasteiger partial charge in [-0.1, -0.05) is 12.8 Å². The molecule has 0 bridgehead atoms. The molecule has 0 aliphatic heterocycles. The first-order chi connectivity index (χ1) is 10.2. The summed E-state index contributed by atoms with van der Waals surface area (Å²) >= 11 is 0. The smallest absolute Gasteiger partial charge is 0.275 e. The summed E-state index contributed by atoms with van der Waals surface area (Å²) in [6.07, 6.45) is 4.46. The number of nitrogens with zero attached hydrogens (tertiary/aromatic N) is 2. The van der Waals surface area contributed by atoms with Gasteiger partial charge in [0.2, 0.25) is 0 Å². The summed E-state index contributed by atoms with van der Waals surface area (Å²) in [5, 5.41) is 20.4. The van der Waals surface area contributed by atoms with Crippen LogP contribution >= 0.6 is 0 Å². The Balaban J connectivity index is 2.34. The van der Waals surface area contributed by atoms with Crippen molar-refractivity contribution in [1.29, 1.82) is 0 Å². The van der Waals surface area contributed by atoms with E-state index in [1.165, 1.54) is 18.9 Å². The van der Waals surface area contributed by atoms with E-state index in [2.05, 4.69) is 4.90 Å². The summed E-state index contributed by atoms with van der Waals surface area (Å²) in [6, 6.07) is 5.17. The molecule has 1 aromatic rings. The van der Waals surface area contributed by atoms with Crippen LogP contribution in [0.5, 0.6) is 5.75 Å². The maximum Gasteiger partial charge on any atom is 0.275 e. The average molecular weight is 294 g/mol. The van der Waals surface area contributed by atoms with Crippen LogP contribution in [0.3, 0.4) is 0 Å². The molecule has 6 nitrogen and oxygen atoms in total. The van der Waals surface area contributed by atoms with E-state index in [-0.39, 0.29) is 12.3 Å². The lowest BCUT2D eigenvalue weighted by atomic mass is 10.1. The third-order valence-corrected chi connectivity index (χ3v) is 3.84. The Morgan fingerprint density at radius 3 is 2.67 bits per heavy atom. The monoisotopic (exact) mass is 294 g/mol. The molecule has 1 saturated carbocycles. The Morgan fingerprint density at radius 2 is 2.10 bits per heavy atom. The summed E-state index contributed by atoms with van der Waals surface area (Å²) < 4.78 is 5.43. The molecule has 0 heterocycles. The molecule has 1 aliphatic carbocycles. The molecule has 116 valence electrons. The molecular weight excluding hydrogens is 272 g/mol. The van der Waals surface area contributed by atoms with Gasteiger partial charge < -0.3 is 14.7 Å². The Kier molecular flexibility index (Phi) is 5.38. The minimum atomic E-state index is -0.405. The fraction of sp³-hybridized carbons (Fsp3) is 0.600. The summed E-state index contributed by atoms with van der Waals surface area (Å²) in [6.45, 7) is 2.82. The number of non-ortho nitro benzene ring substituents is 1. The number of anilines is 1. The molecule has 1 N–H and O–H groups in total. The Bertz CT molecular complexity index is 487. The maximum atomic E-state index is 11.1. The van der Waals surface area contributed by atoms with Gasteiger partial charge in [-0.05, 0) is 19.8 Å². The molecule has 6 heteroatoms. The van der Waals surface area contributed by atoms with Crippen LogP contribution in [-0.2, 0) is 0 Å². The molecule has 0 amide bonds. The van der Waals surface area contributed by atoms with E-state index in [1.807, 2.05) is 13.0 Å².